The summed E-state index contributed by atoms with van der Waals surface area (Å²) in [6.07, 6.45) is 0. The molecule has 6 aromatic carbocycles. The van der Waals surface area contributed by atoms with Crippen molar-refractivity contribution in [2.75, 3.05) is 0 Å². The Hall–Kier alpha value is -5.97. The highest BCUT2D eigenvalue weighted by molar-refractivity contribution is 7.26. The predicted octanol–water partition coefficient (Wildman–Crippen LogP) is 11.9. The Morgan fingerprint density at radius 1 is 0.404 bits per heavy atom. The van der Waals surface area contributed by atoms with Crippen LogP contribution in [0.3, 0.4) is 0 Å². The third-order valence-electron chi connectivity index (χ3n) is 9.19. The van der Waals surface area contributed by atoms with Crippen molar-refractivity contribution < 1.29 is 0 Å². The molecule has 3 nitrogen and oxygen atoms in total. The van der Waals surface area contributed by atoms with Gasteiger partial charge >= 0.3 is 0 Å². The highest BCUT2D eigenvalue weighted by atomic mass is 32.1. The molecule has 0 radical (unpaired) electrons. The van der Waals surface area contributed by atoms with E-state index in [1.54, 1.807) is 0 Å². The minimum absolute atomic E-state index is 0.908. The van der Waals surface area contributed by atoms with Gasteiger partial charge in [-0.2, -0.15) is 0 Å². The fourth-order valence-corrected chi connectivity index (χ4v) is 8.11. The number of thiophene rings is 1. The monoisotopic (exact) mass is 615 g/mol. The van der Waals surface area contributed by atoms with Gasteiger partial charge in [-0.25, -0.2) is 15.0 Å². The van der Waals surface area contributed by atoms with E-state index in [1.165, 1.54) is 36.3 Å². The minimum Gasteiger partial charge on any atom is -0.247 e. The van der Waals surface area contributed by atoms with Crippen LogP contribution in [0.4, 0.5) is 0 Å². The van der Waals surface area contributed by atoms with Gasteiger partial charge in [0.2, 0.25) is 0 Å². The van der Waals surface area contributed by atoms with Crippen molar-refractivity contribution in [3.05, 3.63) is 152 Å². The number of pyridine rings is 3. The lowest BCUT2D eigenvalue weighted by atomic mass is 9.98. The summed E-state index contributed by atoms with van der Waals surface area (Å²) < 4.78 is 2.55. The van der Waals surface area contributed by atoms with Crippen LogP contribution in [0.2, 0.25) is 0 Å². The molecule has 0 saturated heterocycles. The summed E-state index contributed by atoms with van der Waals surface area (Å²) in [6.45, 7) is 0. The Bertz CT molecular complexity index is 2850. The summed E-state index contributed by atoms with van der Waals surface area (Å²) in [5.74, 6) is 0. The van der Waals surface area contributed by atoms with E-state index in [-0.39, 0.29) is 0 Å². The van der Waals surface area contributed by atoms with E-state index in [2.05, 4.69) is 133 Å². The van der Waals surface area contributed by atoms with Crippen LogP contribution >= 0.6 is 11.3 Å². The van der Waals surface area contributed by atoms with Crippen molar-refractivity contribution in [3.63, 3.8) is 0 Å². The van der Waals surface area contributed by atoms with Crippen molar-refractivity contribution in [1.29, 1.82) is 0 Å². The summed E-state index contributed by atoms with van der Waals surface area (Å²) >= 11 is 1.85. The lowest BCUT2D eigenvalue weighted by Crippen LogP contribution is -1.92. The van der Waals surface area contributed by atoms with Gasteiger partial charge in [-0.15, -0.1) is 11.3 Å². The Morgan fingerprint density at radius 2 is 1.02 bits per heavy atom. The number of nitrogens with zero attached hydrogens (tertiary/aromatic N) is 3. The lowest BCUT2D eigenvalue weighted by molar-refractivity contribution is 1.36. The van der Waals surface area contributed by atoms with Crippen LogP contribution in [-0.2, 0) is 0 Å². The molecule has 0 fully saturated rings. The van der Waals surface area contributed by atoms with Gasteiger partial charge < -0.3 is 0 Å². The van der Waals surface area contributed by atoms with E-state index in [0.717, 1.165) is 61.1 Å². The number of hydrogen-bond acceptors (Lipinski definition) is 4. The molecule has 4 aromatic heterocycles. The molecule has 4 heterocycles. The number of benzene rings is 6. The SMILES string of the molecule is c1ccc(-c2ccc3ccc4ccc(-c5cccc(-c6nc7cc8ccccc8cc7c7sc8ccccc8c67)c5)nc4c3n2)cc1. The highest BCUT2D eigenvalue weighted by Gasteiger charge is 2.18. The normalized spacial score (nSPS) is 11.8. The van der Waals surface area contributed by atoms with Gasteiger partial charge in [-0.1, -0.05) is 115 Å². The zero-order valence-corrected chi connectivity index (χ0v) is 26.0. The third kappa shape index (κ3) is 4.23. The van der Waals surface area contributed by atoms with Crippen LogP contribution < -0.4 is 0 Å². The van der Waals surface area contributed by atoms with Crippen LogP contribution in [0.1, 0.15) is 0 Å². The molecule has 4 heteroatoms. The van der Waals surface area contributed by atoms with Crippen molar-refractivity contribution in [2.45, 2.75) is 0 Å². The molecular formula is C43H25N3S. The Kier molecular flexibility index (Phi) is 5.74. The maximum atomic E-state index is 5.39. The van der Waals surface area contributed by atoms with Gasteiger partial charge in [0.25, 0.3) is 0 Å². The molecule has 0 saturated carbocycles. The molecule has 0 spiro atoms. The van der Waals surface area contributed by atoms with E-state index in [4.69, 9.17) is 15.0 Å². The molecule has 0 aliphatic carbocycles. The molecule has 218 valence electrons. The Morgan fingerprint density at radius 3 is 1.81 bits per heavy atom. The van der Waals surface area contributed by atoms with Crippen molar-refractivity contribution in [1.82, 2.24) is 15.0 Å². The number of hydrogen-bond donors (Lipinski definition) is 0. The van der Waals surface area contributed by atoms with Crippen LogP contribution in [0.25, 0.3) is 97.4 Å². The largest absolute Gasteiger partial charge is 0.247 e. The van der Waals surface area contributed by atoms with E-state index >= 15 is 0 Å². The lowest BCUT2D eigenvalue weighted by Gasteiger charge is -2.11. The van der Waals surface area contributed by atoms with Crippen LogP contribution in [0.5, 0.6) is 0 Å². The van der Waals surface area contributed by atoms with E-state index in [1.807, 2.05) is 29.5 Å². The standard InChI is InChI=1S/C43H25N3S/c1-2-9-26(10-3-1)35-21-19-27-17-18-28-20-22-36(45-42(28)41(27)44-35)31-13-8-14-32(23-31)40-39-33-15-6-7-16-38(33)47-43(39)34-24-29-11-4-5-12-30(29)25-37(34)46-40/h1-25H. The average Bonchev–Trinajstić information content (AvgIpc) is 3.54. The maximum absolute atomic E-state index is 5.39. The first-order chi connectivity index (χ1) is 23.3. The fourth-order valence-electron chi connectivity index (χ4n) is 6.88. The summed E-state index contributed by atoms with van der Waals surface area (Å²) in [5.41, 5.74) is 8.92. The molecule has 10 rings (SSSR count). The first kappa shape index (κ1) is 26.3. The number of aromatic nitrogens is 3. The fraction of sp³-hybridized carbons (Fsp3) is 0. The molecule has 10 aromatic rings. The average molecular weight is 616 g/mol. The first-order valence-electron chi connectivity index (χ1n) is 15.8. The first-order valence-corrected chi connectivity index (χ1v) is 16.6. The minimum atomic E-state index is 0.908. The Labute approximate surface area is 274 Å². The summed E-state index contributed by atoms with van der Waals surface area (Å²) in [6, 6.07) is 53.5. The van der Waals surface area contributed by atoms with E-state index in [0.29, 0.717) is 0 Å². The molecule has 0 aliphatic rings. The van der Waals surface area contributed by atoms with Crippen LogP contribution in [0.15, 0.2) is 152 Å². The second-order valence-corrected chi connectivity index (χ2v) is 13.1. The van der Waals surface area contributed by atoms with Gasteiger partial charge in [0.1, 0.15) is 0 Å². The van der Waals surface area contributed by atoms with Crippen molar-refractivity contribution in [2.24, 2.45) is 0 Å². The smallest absolute Gasteiger partial charge is 0.0972 e. The second-order valence-electron chi connectivity index (χ2n) is 12.0. The molecule has 0 unspecified atom stereocenters. The summed E-state index contributed by atoms with van der Waals surface area (Å²) in [7, 11) is 0. The third-order valence-corrected chi connectivity index (χ3v) is 10.4. The topological polar surface area (TPSA) is 38.7 Å². The molecule has 47 heavy (non-hydrogen) atoms. The van der Waals surface area contributed by atoms with Gasteiger partial charge in [0.05, 0.1) is 33.6 Å². The molecule has 0 N–H and O–H groups in total. The predicted molar refractivity (Wildman–Crippen MR) is 199 cm³/mol. The highest BCUT2D eigenvalue weighted by Crippen LogP contribution is 2.44. The van der Waals surface area contributed by atoms with E-state index < -0.39 is 0 Å². The number of rotatable bonds is 3. The molecule has 0 bridgehead atoms. The van der Waals surface area contributed by atoms with Crippen molar-refractivity contribution in [3.8, 4) is 33.8 Å². The quantitative estimate of drug-likeness (QED) is 0.147. The van der Waals surface area contributed by atoms with E-state index in [9.17, 15) is 0 Å². The molecule has 0 amide bonds. The van der Waals surface area contributed by atoms with Crippen LogP contribution in [-0.4, -0.2) is 15.0 Å². The Balaban J connectivity index is 1.18. The van der Waals surface area contributed by atoms with Crippen LogP contribution in [0, 0.1) is 0 Å². The zero-order chi connectivity index (χ0) is 30.9. The van der Waals surface area contributed by atoms with Crippen molar-refractivity contribution >= 4 is 75.0 Å². The molecular weight excluding hydrogens is 591 g/mol. The van der Waals surface area contributed by atoms with Gasteiger partial charge in [-0.05, 0) is 47.2 Å². The number of fused-ring (bicyclic) bond motifs is 9. The summed E-state index contributed by atoms with van der Waals surface area (Å²) in [4.78, 5) is 15.7. The van der Waals surface area contributed by atoms with Gasteiger partial charge in [-0.3, -0.25) is 0 Å². The van der Waals surface area contributed by atoms with Gasteiger partial charge in [0, 0.05) is 53.0 Å². The van der Waals surface area contributed by atoms with Gasteiger partial charge in [0.15, 0.2) is 0 Å². The summed E-state index contributed by atoms with van der Waals surface area (Å²) in [5, 5.41) is 8.23. The molecule has 0 aliphatic heterocycles. The maximum Gasteiger partial charge on any atom is 0.0972 e. The molecule has 0 atom stereocenters. The zero-order valence-electron chi connectivity index (χ0n) is 25.2. The second kappa shape index (κ2) is 10.3.